The molecule has 0 spiro atoms. The molecule has 0 N–H and O–H groups in total. The Labute approximate surface area is 371 Å². The van der Waals surface area contributed by atoms with Crippen molar-refractivity contribution < 1.29 is 0 Å². The van der Waals surface area contributed by atoms with Gasteiger partial charge in [0.25, 0.3) is 0 Å². The van der Waals surface area contributed by atoms with Crippen LogP contribution < -0.4 is 0 Å². The third-order valence-corrected chi connectivity index (χ3v) is 13.8. The molecule has 13 rings (SSSR count). The summed E-state index contributed by atoms with van der Waals surface area (Å²) < 4.78 is 2.37. The van der Waals surface area contributed by atoms with Gasteiger partial charge in [-0.1, -0.05) is 172 Å². The van der Waals surface area contributed by atoms with E-state index in [1.54, 1.807) is 0 Å². The molecule has 3 nitrogen and oxygen atoms in total. The van der Waals surface area contributed by atoms with Crippen LogP contribution in [0.1, 0.15) is 25.0 Å². The maximum Gasteiger partial charge on any atom is 0.0979 e. The molecule has 1 aliphatic carbocycles. The van der Waals surface area contributed by atoms with Crippen LogP contribution in [0.3, 0.4) is 0 Å². The number of nitrogens with zero attached hydrogens (tertiary/aromatic N) is 3. The summed E-state index contributed by atoms with van der Waals surface area (Å²) in [6.45, 7) is 4.71. The van der Waals surface area contributed by atoms with Crippen LogP contribution in [-0.2, 0) is 5.41 Å². The van der Waals surface area contributed by atoms with Gasteiger partial charge in [-0.3, -0.25) is 4.98 Å². The fraction of sp³-hybridized carbons (Fsp3) is 0.0492. The third-order valence-electron chi connectivity index (χ3n) is 13.8. The summed E-state index contributed by atoms with van der Waals surface area (Å²) in [5.41, 5.74) is 19.8. The first-order valence-corrected chi connectivity index (χ1v) is 22.1. The summed E-state index contributed by atoms with van der Waals surface area (Å²) in [7, 11) is 0. The molecule has 1 aliphatic rings. The Morgan fingerprint density at radius 1 is 0.359 bits per heavy atom. The van der Waals surface area contributed by atoms with E-state index in [9.17, 15) is 0 Å². The van der Waals surface area contributed by atoms with E-state index in [0.717, 1.165) is 33.1 Å². The number of rotatable bonds is 5. The largest absolute Gasteiger partial charge is 0.309 e. The maximum atomic E-state index is 5.32. The van der Waals surface area contributed by atoms with Gasteiger partial charge < -0.3 is 4.57 Å². The number of aromatic nitrogens is 3. The van der Waals surface area contributed by atoms with Crippen LogP contribution in [0.15, 0.2) is 212 Å². The lowest BCUT2D eigenvalue weighted by Crippen LogP contribution is -2.15. The average molecular weight is 816 g/mol. The topological polar surface area (TPSA) is 30.7 Å². The Morgan fingerprint density at radius 2 is 0.859 bits per heavy atom. The molecule has 0 aliphatic heterocycles. The normalized spacial score (nSPS) is 13.0. The summed E-state index contributed by atoms with van der Waals surface area (Å²) in [6, 6.07) is 75.2. The highest BCUT2D eigenvalue weighted by atomic mass is 15.0. The summed E-state index contributed by atoms with van der Waals surface area (Å²) >= 11 is 0. The first-order chi connectivity index (χ1) is 31.5. The summed E-state index contributed by atoms with van der Waals surface area (Å²) in [6.07, 6.45) is 1.95. The van der Waals surface area contributed by atoms with Gasteiger partial charge in [-0.15, -0.1) is 0 Å². The van der Waals surface area contributed by atoms with Crippen molar-refractivity contribution in [2.45, 2.75) is 19.3 Å². The van der Waals surface area contributed by atoms with Gasteiger partial charge in [-0.2, -0.15) is 0 Å². The van der Waals surface area contributed by atoms with Crippen LogP contribution in [0.4, 0.5) is 0 Å². The molecule has 0 saturated heterocycles. The summed E-state index contributed by atoms with van der Waals surface area (Å²) in [5, 5.41) is 7.20. The van der Waals surface area contributed by atoms with Crippen molar-refractivity contribution in [3.05, 3.63) is 224 Å². The van der Waals surface area contributed by atoms with Gasteiger partial charge in [0.1, 0.15) is 0 Å². The van der Waals surface area contributed by atoms with E-state index in [-0.39, 0.29) is 5.41 Å². The van der Waals surface area contributed by atoms with Gasteiger partial charge in [-0.05, 0) is 115 Å². The molecule has 0 bridgehead atoms. The molecule has 0 radical (unpaired) electrons. The summed E-state index contributed by atoms with van der Waals surface area (Å²) in [5.74, 6) is 0. The smallest absolute Gasteiger partial charge is 0.0979 e. The fourth-order valence-corrected chi connectivity index (χ4v) is 10.6. The molecule has 12 aromatic rings. The molecule has 0 fully saturated rings. The van der Waals surface area contributed by atoms with Crippen molar-refractivity contribution in [2.75, 3.05) is 0 Å². The monoisotopic (exact) mass is 815 g/mol. The standard InChI is InChI=1S/C61H41N3/c1-61(2)54-35-43(27-30-48(54)49-31-28-44(36-55(49)61)56-37-62-59-51-20-8-6-17-46(51)47-18-7-9-21-52(47)60(59)63-56)41-14-12-13-40(33-41)38-23-25-39(26-24-38)42-29-32-58-53(34-42)50-19-10-11-22-57(50)64(58)45-15-4-3-5-16-45/h3-37H,1-2H3. The van der Waals surface area contributed by atoms with Crippen LogP contribution in [-0.4, -0.2) is 14.5 Å². The maximum absolute atomic E-state index is 5.32. The van der Waals surface area contributed by atoms with Crippen molar-refractivity contribution in [1.82, 2.24) is 14.5 Å². The Balaban J connectivity index is 0.808. The third kappa shape index (κ3) is 5.54. The minimum atomic E-state index is -0.198. The quantitative estimate of drug-likeness (QED) is 0.162. The van der Waals surface area contributed by atoms with Gasteiger partial charge in [0.05, 0.1) is 34.0 Å². The van der Waals surface area contributed by atoms with Crippen LogP contribution in [0, 0.1) is 0 Å². The van der Waals surface area contributed by atoms with E-state index < -0.39 is 0 Å². The molecule has 2 heterocycles. The Morgan fingerprint density at radius 3 is 1.56 bits per heavy atom. The number of hydrogen-bond acceptors (Lipinski definition) is 2. The Hall–Kier alpha value is -8.14. The predicted molar refractivity (Wildman–Crippen MR) is 268 cm³/mol. The van der Waals surface area contributed by atoms with E-state index in [1.807, 2.05) is 6.20 Å². The Bertz CT molecular complexity index is 3820. The zero-order chi connectivity index (χ0) is 42.5. The number of para-hydroxylation sites is 2. The zero-order valence-electron chi connectivity index (χ0n) is 35.5. The highest BCUT2D eigenvalue weighted by Gasteiger charge is 2.36. The van der Waals surface area contributed by atoms with Crippen LogP contribution in [0.2, 0.25) is 0 Å². The van der Waals surface area contributed by atoms with E-state index in [4.69, 9.17) is 9.97 Å². The molecule has 2 aromatic heterocycles. The van der Waals surface area contributed by atoms with Gasteiger partial charge in [0.2, 0.25) is 0 Å². The molecule has 300 valence electrons. The van der Waals surface area contributed by atoms with Gasteiger partial charge in [0, 0.05) is 38.2 Å². The number of benzene rings is 10. The van der Waals surface area contributed by atoms with Crippen molar-refractivity contribution in [3.8, 4) is 61.5 Å². The van der Waals surface area contributed by atoms with E-state index in [1.165, 1.54) is 93.9 Å². The second-order valence-corrected chi connectivity index (χ2v) is 17.8. The molecule has 0 amide bonds. The van der Waals surface area contributed by atoms with Crippen LogP contribution >= 0.6 is 0 Å². The van der Waals surface area contributed by atoms with E-state index in [2.05, 4.69) is 225 Å². The second-order valence-electron chi connectivity index (χ2n) is 17.8. The van der Waals surface area contributed by atoms with Crippen molar-refractivity contribution >= 4 is 54.4 Å². The van der Waals surface area contributed by atoms with Crippen molar-refractivity contribution in [1.29, 1.82) is 0 Å². The van der Waals surface area contributed by atoms with Gasteiger partial charge >= 0.3 is 0 Å². The highest BCUT2D eigenvalue weighted by molar-refractivity contribution is 6.23. The molecule has 0 atom stereocenters. The van der Waals surface area contributed by atoms with Gasteiger partial charge in [0.15, 0.2) is 0 Å². The van der Waals surface area contributed by atoms with E-state index >= 15 is 0 Å². The molecular formula is C61H41N3. The van der Waals surface area contributed by atoms with Crippen LogP contribution in [0.25, 0.3) is 116 Å². The number of hydrogen-bond donors (Lipinski definition) is 0. The fourth-order valence-electron chi connectivity index (χ4n) is 10.6. The first kappa shape index (κ1) is 36.5. The molecule has 3 heteroatoms. The molecule has 64 heavy (non-hydrogen) atoms. The van der Waals surface area contributed by atoms with Crippen molar-refractivity contribution in [3.63, 3.8) is 0 Å². The summed E-state index contributed by atoms with van der Waals surface area (Å²) in [4.78, 5) is 10.4. The number of fused-ring (bicyclic) bond motifs is 12. The SMILES string of the molecule is CC1(C)c2cc(-c3cccc(-c4ccc(-c5ccc6c(c5)c5ccccc5n6-c5ccccc5)cc4)c3)ccc2-c2ccc(-c3cnc4c5ccccc5c5ccccc5c4n3)cc21. The molecule has 0 saturated carbocycles. The minimum Gasteiger partial charge on any atom is -0.309 e. The molecular weight excluding hydrogens is 775 g/mol. The lowest BCUT2D eigenvalue weighted by molar-refractivity contribution is 0.661. The molecule has 0 unspecified atom stereocenters. The molecule has 10 aromatic carbocycles. The predicted octanol–water partition coefficient (Wildman–Crippen LogP) is 16.0. The van der Waals surface area contributed by atoms with Gasteiger partial charge in [-0.25, -0.2) is 4.98 Å². The highest BCUT2D eigenvalue weighted by Crippen LogP contribution is 2.51. The van der Waals surface area contributed by atoms with Crippen LogP contribution in [0.5, 0.6) is 0 Å². The minimum absolute atomic E-state index is 0.198. The Kier molecular flexibility index (Phi) is 7.95. The lowest BCUT2D eigenvalue weighted by atomic mass is 9.81. The zero-order valence-corrected chi connectivity index (χ0v) is 35.5. The van der Waals surface area contributed by atoms with Crippen molar-refractivity contribution in [2.24, 2.45) is 0 Å². The lowest BCUT2D eigenvalue weighted by Gasteiger charge is -2.22. The first-order valence-electron chi connectivity index (χ1n) is 22.1. The average Bonchev–Trinajstić information content (AvgIpc) is 3.81. The van der Waals surface area contributed by atoms with E-state index in [0.29, 0.717) is 0 Å². The second kappa shape index (κ2) is 13.9.